The van der Waals surface area contributed by atoms with E-state index in [1.165, 1.54) is 11.8 Å². The molecule has 0 bridgehead atoms. The number of aryl methyl sites for hydroxylation is 1. The van der Waals surface area contributed by atoms with Gasteiger partial charge in [0.15, 0.2) is 0 Å². The van der Waals surface area contributed by atoms with Gasteiger partial charge in [0.1, 0.15) is 0 Å². The van der Waals surface area contributed by atoms with E-state index in [4.69, 9.17) is 11.6 Å². The zero-order valence-corrected chi connectivity index (χ0v) is 14.9. The average molecular weight is 363 g/mol. The molecule has 0 heterocycles. The molecule has 0 aliphatic rings. The smallest absolute Gasteiger partial charge is 0.269 e. The Hall–Kier alpha value is -1.98. The highest BCUT2D eigenvalue weighted by molar-refractivity contribution is 7.99. The Morgan fingerprint density at radius 1 is 1.04 bits per heavy atom. The summed E-state index contributed by atoms with van der Waals surface area (Å²) in [5.41, 5.74) is 6.52. The zero-order chi connectivity index (χ0) is 17.4. The summed E-state index contributed by atoms with van der Waals surface area (Å²) >= 11 is 7.56. The van der Waals surface area contributed by atoms with Crippen molar-refractivity contribution in [3.05, 3.63) is 64.7 Å². The molecule has 2 amide bonds. The SMILES string of the molecule is CCc1ccc(C(=O)NNC(=O)CCSc2ccccc2Cl)cc1. The number of hydrogen-bond acceptors (Lipinski definition) is 3. The number of carbonyl (C=O) groups is 2. The van der Waals surface area contributed by atoms with Crippen LogP contribution in [0.3, 0.4) is 0 Å². The van der Waals surface area contributed by atoms with E-state index in [1.54, 1.807) is 12.1 Å². The number of amides is 2. The van der Waals surface area contributed by atoms with Crippen LogP contribution in [0, 0.1) is 0 Å². The van der Waals surface area contributed by atoms with E-state index in [0.29, 0.717) is 16.3 Å². The van der Waals surface area contributed by atoms with Crippen molar-refractivity contribution < 1.29 is 9.59 Å². The van der Waals surface area contributed by atoms with Crippen molar-refractivity contribution >= 4 is 35.2 Å². The van der Waals surface area contributed by atoms with Gasteiger partial charge in [-0.1, -0.05) is 42.8 Å². The number of rotatable bonds is 6. The standard InChI is InChI=1S/C18H19ClN2O2S/c1-2-13-7-9-14(10-8-13)18(23)21-20-17(22)11-12-24-16-6-4-3-5-15(16)19/h3-10H,2,11-12H2,1H3,(H,20,22)(H,21,23). The van der Waals surface area contributed by atoms with Gasteiger partial charge in [0, 0.05) is 22.6 Å². The second-order valence-corrected chi connectivity index (χ2v) is 6.63. The lowest BCUT2D eigenvalue weighted by atomic mass is 10.1. The molecule has 0 atom stereocenters. The number of benzene rings is 2. The highest BCUT2D eigenvalue weighted by atomic mass is 35.5. The Morgan fingerprint density at radius 3 is 2.42 bits per heavy atom. The number of hydrogen-bond donors (Lipinski definition) is 2. The molecule has 2 N–H and O–H groups in total. The number of hydrazine groups is 1. The van der Waals surface area contributed by atoms with Gasteiger partial charge in [-0.15, -0.1) is 11.8 Å². The van der Waals surface area contributed by atoms with Crippen LogP contribution in [-0.2, 0) is 11.2 Å². The van der Waals surface area contributed by atoms with Gasteiger partial charge in [-0.3, -0.25) is 20.4 Å². The Labute approximate surface area is 150 Å². The molecule has 2 aromatic carbocycles. The fourth-order valence-electron chi connectivity index (χ4n) is 1.97. The predicted octanol–water partition coefficient (Wildman–Crippen LogP) is 3.85. The molecular weight excluding hydrogens is 344 g/mol. The van der Waals surface area contributed by atoms with E-state index in [-0.39, 0.29) is 18.2 Å². The van der Waals surface area contributed by atoms with Crippen molar-refractivity contribution in [3.8, 4) is 0 Å². The van der Waals surface area contributed by atoms with Gasteiger partial charge in [0.2, 0.25) is 5.91 Å². The number of carbonyl (C=O) groups excluding carboxylic acids is 2. The second-order valence-electron chi connectivity index (χ2n) is 5.08. The maximum Gasteiger partial charge on any atom is 0.269 e. The highest BCUT2D eigenvalue weighted by Crippen LogP contribution is 2.26. The minimum atomic E-state index is -0.329. The van der Waals surface area contributed by atoms with Crippen LogP contribution in [-0.4, -0.2) is 17.6 Å². The first-order valence-electron chi connectivity index (χ1n) is 7.65. The molecule has 0 aliphatic heterocycles. The molecule has 0 saturated carbocycles. The summed E-state index contributed by atoms with van der Waals surface area (Å²) in [5.74, 6) is 0.00855. The third-order valence-electron chi connectivity index (χ3n) is 3.36. The third-order valence-corrected chi connectivity index (χ3v) is 4.88. The van der Waals surface area contributed by atoms with Crippen LogP contribution in [0.2, 0.25) is 5.02 Å². The van der Waals surface area contributed by atoms with Crippen molar-refractivity contribution in [2.24, 2.45) is 0 Å². The Morgan fingerprint density at radius 2 is 1.75 bits per heavy atom. The van der Waals surface area contributed by atoms with Gasteiger partial charge in [-0.05, 0) is 36.2 Å². The lowest BCUT2D eigenvalue weighted by Gasteiger charge is -2.08. The highest BCUT2D eigenvalue weighted by Gasteiger charge is 2.08. The number of halogens is 1. The van der Waals surface area contributed by atoms with Crippen molar-refractivity contribution in [1.29, 1.82) is 0 Å². The summed E-state index contributed by atoms with van der Waals surface area (Å²) in [7, 11) is 0. The minimum Gasteiger partial charge on any atom is -0.273 e. The van der Waals surface area contributed by atoms with Gasteiger partial charge in [-0.25, -0.2) is 0 Å². The fourth-order valence-corrected chi connectivity index (χ4v) is 3.16. The zero-order valence-electron chi connectivity index (χ0n) is 13.3. The van der Waals surface area contributed by atoms with Crippen molar-refractivity contribution in [2.45, 2.75) is 24.7 Å². The normalized spacial score (nSPS) is 10.2. The molecule has 0 aliphatic carbocycles. The fraction of sp³-hybridized carbons (Fsp3) is 0.222. The average Bonchev–Trinajstić information content (AvgIpc) is 2.61. The molecule has 2 rings (SSSR count). The quantitative estimate of drug-likeness (QED) is 0.606. The topological polar surface area (TPSA) is 58.2 Å². The van der Waals surface area contributed by atoms with E-state index in [1.807, 2.05) is 36.4 Å². The second kappa shape index (κ2) is 9.35. The molecular formula is C18H19ClN2O2S. The number of thioether (sulfide) groups is 1. The molecule has 0 fully saturated rings. The van der Waals surface area contributed by atoms with E-state index >= 15 is 0 Å². The van der Waals surface area contributed by atoms with Crippen LogP contribution in [0.15, 0.2) is 53.4 Å². The van der Waals surface area contributed by atoms with Gasteiger partial charge < -0.3 is 0 Å². The first kappa shape index (κ1) is 18.4. The van der Waals surface area contributed by atoms with E-state index in [0.717, 1.165) is 16.9 Å². The first-order chi connectivity index (χ1) is 11.6. The number of nitrogens with one attached hydrogen (secondary N) is 2. The van der Waals surface area contributed by atoms with Gasteiger partial charge >= 0.3 is 0 Å². The van der Waals surface area contributed by atoms with Crippen LogP contribution >= 0.6 is 23.4 Å². The van der Waals surface area contributed by atoms with E-state index < -0.39 is 0 Å². The van der Waals surface area contributed by atoms with Gasteiger partial charge in [0.25, 0.3) is 5.91 Å². The van der Waals surface area contributed by atoms with Gasteiger partial charge in [0.05, 0.1) is 5.02 Å². The molecule has 6 heteroatoms. The van der Waals surface area contributed by atoms with Crippen molar-refractivity contribution in [1.82, 2.24) is 10.9 Å². The lowest BCUT2D eigenvalue weighted by Crippen LogP contribution is -2.41. The molecule has 24 heavy (non-hydrogen) atoms. The molecule has 0 unspecified atom stereocenters. The summed E-state index contributed by atoms with van der Waals surface area (Å²) in [6, 6.07) is 14.8. The molecule has 2 aromatic rings. The Balaban J connectivity index is 1.72. The maximum atomic E-state index is 11.9. The largest absolute Gasteiger partial charge is 0.273 e. The van der Waals surface area contributed by atoms with Gasteiger partial charge in [-0.2, -0.15) is 0 Å². The summed E-state index contributed by atoms with van der Waals surface area (Å²) in [6.45, 7) is 2.05. The molecule has 0 radical (unpaired) electrons. The first-order valence-corrected chi connectivity index (χ1v) is 9.02. The van der Waals surface area contributed by atoms with E-state index in [9.17, 15) is 9.59 Å². The van der Waals surface area contributed by atoms with Crippen LogP contribution in [0.5, 0.6) is 0 Å². The molecule has 0 aromatic heterocycles. The third kappa shape index (κ3) is 5.58. The lowest BCUT2D eigenvalue weighted by molar-refractivity contribution is -0.121. The van der Waals surface area contributed by atoms with Crippen LogP contribution < -0.4 is 10.9 Å². The molecule has 4 nitrogen and oxygen atoms in total. The summed E-state index contributed by atoms with van der Waals surface area (Å²) < 4.78 is 0. The van der Waals surface area contributed by atoms with Crippen LogP contribution in [0.25, 0.3) is 0 Å². The summed E-state index contributed by atoms with van der Waals surface area (Å²) in [5, 5.41) is 0.673. The molecule has 0 spiro atoms. The van der Waals surface area contributed by atoms with E-state index in [2.05, 4.69) is 17.8 Å². The maximum absolute atomic E-state index is 11.9. The summed E-state index contributed by atoms with van der Waals surface area (Å²) in [6.07, 6.45) is 1.20. The monoisotopic (exact) mass is 362 g/mol. The van der Waals surface area contributed by atoms with Crippen molar-refractivity contribution in [2.75, 3.05) is 5.75 Å². The minimum absolute atomic E-state index is 0.243. The summed E-state index contributed by atoms with van der Waals surface area (Å²) in [4.78, 5) is 24.7. The van der Waals surface area contributed by atoms with Crippen molar-refractivity contribution in [3.63, 3.8) is 0 Å². The Kier molecular flexibility index (Phi) is 7.15. The molecule has 126 valence electrons. The van der Waals surface area contributed by atoms with Crippen LogP contribution in [0.1, 0.15) is 29.3 Å². The van der Waals surface area contributed by atoms with Crippen LogP contribution in [0.4, 0.5) is 0 Å². The molecule has 0 saturated heterocycles. The predicted molar refractivity (Wildman–Crippen MR) is 98.2 cm³/mol. The Bertz CT molecular complexity index is 704.